The Morgan fingerprint density at radius 2 is 1.94 bits per heavy atom. The second-order valence-corrected chi connectivity index (χ2v) is 5.52. The van der Waals surface area contributed by atoms with Crippen LogP contribution in [0.4, 0.5) is 5.69 Å². The fourth-order valence-electron chi connectivity index (χ4n) is 1.77. The Kier molecular flexibility index (Phi) is 3.28. The van der Waals surface area contributed by atoms with Crippen molar-refractivity contribution < 1.29 is 4.79 Å². The Morgan fingerprint density at radius 1 is 1.22 bits per heavy atom. The maximum absolute atomic E-state index is 11.9. The number of para-hydroxylation sites is 1. The van der Waals surface area contributed by atoms with Crippen molar-refractivity contribution in [1.29, 1.82) is 0 Å². The molecule has 0 saturated carbocycles. The van der Waals surface area contributed by atoms with Gasteiger partial charge in [-0.2, -0.15) is 0 Å². The van der Waals surface area contributed by atoms with E-state index in [1.165, 1.54) is 0 Å². The van der Waals surface area contributed by atoms with E-state index in [0.717, 1.165) is 16.7 Å². The molecule has 1 N–H and O–H groups in total. The normalized spacial score (nSPS) is 11.5. The van der Waals surface area contributed by atoms with Gasteiger partial charge in [-0.3, -0.25) is 14.8 Å². The van der Waals surface area contributed by atoms with E-state index < -0.39 is 0 Å². The lowest BCUT2D eigenvalue weighted by atomic mass is 9.92. The molecule has 2 rings (SSSR count). The molecule has 1 aromatic carbocycles. The molecule has 1 heterocycles. The average molecular weight is 243 g/mol. The molecule has 1 aromatic heterocycles. The van der Waals surface area contributed by atoms with Gasteiger partial charge in [-0.15, -0.1) is 0 Å². The number of carbonyl (C=O) groups is 1. The third-order valence-electron chi connectivity index (χ3n) is 2.46. The second kappa shape index (κ2) is 4.72. The second-order valence-electron chi connectivity index (χ2n) is 5.52. The summed E-state index contributed by atoms with van der Waals surface area (Å²) in [4.78, 5) is 20.4. The third-order valence-corrected chi connectivity index (χ3v) is 2.46. The van der Waals surface area contributed by atoms with Crippen molar-refractivity contribution in [2.45, 2.75) is 27.2 Å². The molecule has 1 amide bonds. The Morgan fingerprint density at radius 3 is 2.67 bits per heavy atom. The highest BCUT2D eigenvalue weighted by molar-refractivity contribution is 5.99. The zero-order valence-corrected chi connectivity index (χ0v) is 10.9. The molecule has 0 bridgehead atoms. The van der Waals surface area contributed by atoms with Crippen LogP contribution in [0.5, 0.6) is 0 Å². The van der Waals surface area contributed by atoms with Crippen molar-refractivity contribution in [3.8, 4) is 0 Å². The minimum absolute atomic E-state index is 0.000605. The highest BCUT2D eigenvalue weighted by Gasteiger charge is 2.16. The van der Waals surface area contributed by atoms with Crippen molar-refractivity contribution >= 4 is 22.6 Å². The zero-order chi connectivity index (χ0) is 13.2. The lowest BCUT2D eigenvalue weighted by Gasteiger charge is -2.17. The first-order valence-corrected chi connectivity index (χ1v) is 5.95. The predicted octanol–water partition coefficient (Wildman–Crippen LogP) is 3.00. The van der Waals surface area contributed by atoms with Crippen LogP contribution in [0.15, 0.2) is 30.6 Å². The third kappa shape index (κ3) is 3.03. The summed E-state index contributed by atoms with van der Waals surface area (Å²) in [5.41, 5.74) is 2.20. The summed E-state index contributed by atoms with van der Waals surface area (Å²) in [6.07, 6.45) is 3.74. The number of hydrogen-bond donors (Lipinski definition) is 1. The largest absolute Gasteiger partial charge is 0.324 e. The highest BCUT2D eigenvalue weighted by Crippen LogP contribution is 2.22. The van der Waals surface area contributed by atoms with Gasteiger partial charge in [0.25, 0.3) is 0 Å². The maximum atomic E-state index is 11.9. The van der Waals surface area contributed by atoms with Gasteiger partial charge in [-0.1, -0.05) is 26.8 Å². The number of nitrogens with one attached hydrogen (secondary N) is 1. The number of anilines is 1. The van der Waals surface area contributed by atoms with Crippen molar-refractivity contribution in [2.24, 2.45) is 5.41 Å². The van der Waals surface area contributed by atoms with Crippen LogP contribution in [-0.4, -0.2) is 15.9 Å². The highest BCUT2D eigenvalue weighted by atomic mass is 16.1. The van der Waals surface area contributed by atoms with Gasteiger partial charge >= 0.3 is 0 Å². The Balaban J connectivity index is 2.24. The van der Waals surface area contributed by atoms with E-state index >= 15 is 0 Å². The molecule has 2 aromatic rings. The van der Waals surface area contributed by atoms with Gasteiger partial charge in [0.05, 0.1) is 11.2 Å². The average Bonchev–Trinajstić information content (AvgIpc) is 2.27. The minimum atomic E-state index is -0.0274. The van der Waals surface area contributed by atoms with Gasteiger partial charge in [-0.05, 0) is 17.5 Å². The van der Waals surface area contributed by atoms with E-state index in [9.17, 15) is 4.79 Å². The molecule has 4 nitrogen and oxygen atoms in total. The van der Waals surface area contributed by atoms with Crippen LogP contribution >= 0.6 is 0 Å². The molecule has 0 radical (unpaired) electrons. The van der Waals surface area contributed by atoms with Crippen LogP contribution in [0.3, 0.4) is 0 Å². The molecule has 0 spiro atoms. The monoisotopic (exact) mass is 243 g/mol. The van der Waals surface area contributed by atoms with Crippen molar-refractivity contribution in [1.82, 2.24) is 9.97 Å². The molecule has 0 unspecified atom stereocenters. The van der Waals surface area contributed by atoms with Gasteiger partial charge in [0.2, 0.25) is 5.91 Å². The molecule has 94 valence electrons. The molecule has 4 heteroatoms. The predicted molar refractivity (Wildman–Crippen MR) is 72.2 cm³/mol. The molecule has 0 fully saturated rings. The number of amides is 1. The standard InChI is InChI=1S/C14H17N3O/c1-14(2,3)9-12(18)17-11-6-4-5-10-13(11)16-8-7-15-10/h4-8H,9H2,1-3H3,(H,17,18). The van der Waals surface area contributed by atoms with Crippen LogP contribution < -0.4 is 5.32 Å². The Bertz CT molecular complexity index is 567. The molecule has 0 atom stereocenters. The molecular formula is C14H17N3O. The van der Waals surface area contributed by atoms with Gasteiger partial charge in [0.1, 0.15) is 5.52 Å². The summed E-state index contributed by atoms with van der Waals surface area (Å²) in [7, 11) is 0. The smallest absolute Gasteiger partial charge is 0.224 e. The van der Waals surface area contributed by atoms with Crippen LogP contribution in [0.1, 0.15) is 27.2 Å². The molecule has 0 saturated heterocycles. The number of fused-ring (bicyclic) bond motifs is 1. The van der Waals surface area contributed by atoms with Crippen molar-refractivity contribution in [3.05, 3.63) is 30.6 Å². The van der Waals surface area contributed by atoms with Crippen LogP contribution in [0.2, 0.25) is 0 Å². The topological polar surface area (TPSA) is 54.9 Å². The quantitative estimate of drug-likeness (QED) is 0.882. The molecule has 0 aliphatic rings. The number of hydrogen-bond acceptors (Lipinski definition) is 3. The molecule has 0 aliphatic carbocycles. The molecule has 0 aliphatic heterocycles. The first-order valence-electron chi connectivity index (χ1n) is 5.95. The number of nitrogens with zero attached hydrogens (tertiary/aromatic N) is 2. The molecular weight excluding hydrogens is 226 g/mol. The van der Waals surface area contributed by atoms with Crippen LogP contribution in [0.25, 0.3) is 11.0 Å². The van der Waals surface area contributed by atoms with Gasteiger partial charge in [0.15, 0.2) is 0 Å². The van der Waals surface area contributed by atoms with E-state index in [1.807, 2.05) is 39.0 Å². The summed E-state index contributed by atoms with van der Waals surface area (Å²) in [6, 6.07) is 5.59. The van der Waals surface area contributed by atoms with E-state index in [4.69, 9.17) is 0 Å². The van der Waals surface area contributed by atoms with Gasteiger partial charge in [0, 0.05) is 18.8 Å². The first kappa shape index (κ1) is 12.5. The van der Waals surface area contributed by atoms with Gasteiger partial charge in [-0.25, -0.2) is 0 Å². The maximum Gasteiger partial charge on any atom is 0.224 e. The van der Waals surface area contributed by atoms with Crippen LogP contribution in [-0.2, 0) is 4.79 Å². The van der Waals surface area contributed by atoms with Crippen LogP contribution in [0, 0.1) is 5.41 Å². The number of rotatable bonds is 2. The fourth-order valence-corrected chi connectivity index (χ4v) is 1.77. The summed E-state index contributed by atoms with van der Waals surface area (Å²) < 4.78 is 0. The Hall–Kier alpha value is -1.97. The lowest BCUT2D eigenvalue weighted by molar-refractivity contribution is -0.117. The van der Waals surface area contributed by atoms with Crippen molar-refractivity contribution in [2.75, 3.05) is 5.32 Å². The van der Waals surface area contributed by atoms with Crippen molar-refractivity contribution in [3.63, 3.8) is 0 Å². The number of carbonyl (C=O) groups excluding carboxylic acids is 1. The summed E-state index contributed by atoms with van der Waals surface area (Å²) >= 11 is 0. The molecule has 18 heavy (non-hydrogen) atoms. The van der Waals surface area contributed by atoms with E-state index in [2.05, 4.69) is 15.3 Å². The number of aromatic nitrogens is 2. The minimum Gasteiger partial charge on any atom is -0.324 e. The van der Waals surface area contributed by atoms with Gasteiger partial charge < -0.3 is 5.32 Å². The fraction of sp³-hybridized carbons (Fsp3) is 0.357. The SMILES string of the molecule is CC(C)(C)CC(=O)Nc1cccc2nccnc12. The Labute approximate surface area is 106 Å². The first-order chi connectivity index (χ1) is 8.46. The zero-order valence-electron chi connectivity index (χ0n) is 10.9. The lowest BCUT2D eigenvalue weighted by Crippen LogP contribution is -2.19. The summed E-state index contributed by atoms with van der Waals surface area (Å²) in [5.74, 6) is 0.000605. The van der Waals surface area contributed by atoms with E-state index in [-0.39, 0.29) is 11.3 Å². The van der Waals surface area contributed by atoms with E-state index in [0.29, 0.717) is 6.42 Å². The van der Waals surface area contributed by atoms with E-state index in [1.54, 1.807) is 12.4 Å². The number of benzene rings is 1. The summed E-state index contributed by atoms with van der Waals surface area (Å²) in [6.45, 7) is 6.11. The summed E-state index contributed by atoms with van der Waals surface area (Å²) in [5, 5.41) is 2.90.